The van der Waals surface area contributed by atoms with Gasteiger partial charge < -0.3 is 15.5 Å². The second-order valence-corrected chi connectivity index (χ2v) is 6.99. The van der Waals surface area contributed by atoms with Gasteiger partial charge in [0.1, 0.15) is 0 Å². The molecule has 0 spiro atoms. The summed E-state index contributed by atoms with van der Waals surface area (Å²) in [4.78, 5) is 14.9. The van der Waals surface area contributed by atoms with Gasteiger partial charge in [0.25, 0.3) is 0 Å². The molecule has 4 heterocycles. The van der Waals surface area contributed by atoms with Crippen molar-refractivity contribution in [2.24, 2.45) is 0 Å². The van der Waals surface area contributed by atoms with Gasteiger partial charge in [-0.1, -0.05) is 0 Å². The van der Waals surface area contributed by atoms with Gasteiger partial charge in [-0.3, -0.25) is 4.79 Å². The molecule has 4 aliphatic heterocycles. The van der Waals surface area contributed by atoms with E-state index in [1.165, 1.54) is 29.7 Å². The number of nitrogens with one attached hydrogen (secondary N) is 2. The number of carbonyl (C=O) groups is 1. The molecule has 4 nitrogen and oxygen atoms in total. The lowest BCUT2D eigenvalue weighted by atomic mass is 9.94. The number of fused-ring (bicyclic) bond motifs is 3. The lowest BCUT2D eigenvalue weighted by molar-refractivity contribution is -0.118. The van der Waals surface area contributed by atoms with Crippen LogP contribution in [0.4, 0.5) is 0 Å². The van der Waals surface area contributed by atoms with Crippen LogP contribution in [0.3, 0.4) is 0 Å². The Hall–Kier alpha value is -1.20. The molecule has 0 aliphatic carbocycles. The number of carbonyl (C=O) groups excluding carboxylic acids is 1. The van der Waals surface area contributed by atoms with Gasteiger partial charge in [-0.25, -0.2) is 0 Å². The van der Waals surface area contributed by atoms with E-state index in [0.29, 0.717) is 12.1 Å². The summed E-state index contributed by atoms with van der Waals surface area (Å²) in [7, 11) is 0. The quantitative estimate of drug-likeness (QED) is 0.812. The van der Waals surface area contributed by atoms with E-state index >= 15 is 0 Å². The van der Waals surface area contributed by atoms with Crippen molar-refractivity contribution in [3.05, 3.63) is 34.7 Å². The molecule has 2 fully saturated rings. The number of allylic oxidation sites excluding steroid dienone is 2. The molecule has 4 aliphatic rings. The number of rotatable bonds is 2. The molecule has 1 amide bonds. The summed E-state index contributed by atoms with van der Waals surface area (Å²) in [6, 6.07) is 1.97. The van der Waals surface area contributed by atoms with Crippen LogP contribution in [0, 0.1) is 0 Å². The zero-order valence-electron chi connectivity index (χ0n) is 11.6. The van der Waals surface area contributed by atoms with Gasteiger partial charge in [0.15, 0.2) is 0 Å². The summed E-state index contributed by atoms with van der Waals surface area (Å²) in [6.45, 7) is 1.57. The molecule has 5 heteroatoms. The van der Waals surface area contributed by atoms with Crippen molar-refractivity contribution in [1.82, 2.24) is 15.5 Å². The molecule has 2 N–H and O–H groups in total. The number of hydrogen-bond acceptors (Lipinski definition) is 4. The van der Waals surface area contributed by atoms with E-state index in [0.717, 1.165) is 17.5 Å². The first-order chi connectivity index (χ1) is 9.70. The number of nitrogens with zero attached hydrogens (tertiary/aromatic N) is 1. The first kappa shape index (κ1) is 12.5. The van der Waals surface area contributed by atoms with Gasteiger partial charge in [0.2, 0.25) is 5.91 Å². The van der Waals surface area contributed by atoms with E-state index in [2.05, 4.69) is 34.0 Å². The van der Waals surface area contributed by atoms with Gasteiger partial charge in [0, 0.05) is 59.4 Å². The van der Waals surface area contributed by atoms with Crippen molar-refractivity contribution in [3.8, 4) is 0 Å². The van der Waals surface area contributed by atoms with E-state index in [4.69, 9.17) is 0 Å². The molecule has 2 saturated heterocycles. The molecule has 0 aromatic heterocycles. The maximum absolute atomic E-state index is 11.2. The Balaban J connectivity index is 1.55. The normalized spacial score (nSPS) is 34.5. The highest BCUT2D eigenvalue weighted by Crippen LogP contribution is 2.40. The first-order valence-electron chi connectivity index (χ1n) is 7.28. The molecule has 0 saturated carbocycles. The minimum Gasteiger partial charge on any atom is -0.348 e. The predicted octanol–water partition coefficient (Wildman–Crippen LogP) is 1.69. The average molecular weight is 289 g/mol. The monoisotopic (exact) mass is 289 g/mol. The smallest absolute Gasteiger partial charge is 0.221 e. The second-order valence-electron chi connectivity index (χ2n) is 5.97. The maximum atomic E-state index is 11.2. The Labute approximate surface area is 123 Å². The average Bonchev–Trinajstić information content (AvgIpc) is 3.13. The number of thioether (sulfide) groups is 1. The molecule has 0 radical (unpaired) electrons. The van der Waals surface area contributed by atoms with Crippen molar-refractivity contribution in [2.75, 3.05) is 5.75 Å². The molecule has 106 valence electrons. The molecule has 20 heavy (non-hydrogen) atoms. The van der Waals surface area contributed by atoms with E-state index in [-0.39, 0.29) is 5.91 Å². The lowest BCUT2D eigenvalue weighted by Gasteiger charge is -2.32. The van der Waals surface area contributed by atoms with E-state index in [1.807, 2.05) is 11.8 Å². The zero-order valence-corrected chi connectivity index (χ0v) is 12.4. The summed E-state index contributed by atoms with van der Waals surface area (Å²) >= 11 is 1.82. The van der Waals surface area contributed by atoms with Crippen molar-refractivity contribution >= 4 is 17.7 Å². The van der Waals surface area contributed by atoms with Crippen molar-refractivity contribution in [3.63, 3.8) is 0 Å². The highest BCUT2D eigenvalue weighted by molar-refractivity contribution is 8.03. The molecule has 0 aromatic carbocycles. The Bertz CT molecular complexity index is 551. The fourth-order valence-corrected chi connectivity index (χ4v) is 4.80. The zero-order chi connectivity index (χ0) is 13.7. The molecular weight excluding hydrogens is 270 g/mol. The minimum atomic E-state index is 0.0162. The number of amides is 1. The van der Waals surface area contributed by atoms with Crippen molar-refractivity contribution in [1.29, 1.82) is 0 Å². The van der Waals surface area contributed by atoms with E-state index < -0.39 is 0 Å². The minimum absolute atomic E-state index is 0.0162. The van der Waals surface area contributed by atoms with Crippen LogP contribution >= 0.6 is 11.8 Å². The SMILES string of the molecule is CC(=O)NC1=C2C=CN([C@@H]3C[C@H]4CC[C@@H]3N4)C=C2SC1. The summed E-state index contributed by atoms with van der Waals surface area (Å²) < 4.78 is 0. The summed E-state index contributed by atoms with van der Waals surface area (Å²) in [5, 5.41) is 6.64. The van der Waals surface area contributed by atoms with E-state index in [1.54, 1.807) is 6.92 Å². The Morgan fingerprint density at radius 1 is 1.50 bits per heavy atom. The van der Waals surface area contributed by atoms with Crippen LogP contribution in [0.2, 0.25) is 0 Å². The fourth-order valence-electron chi connectivity index (χ4n) is 3.73. The van der Waals surface area contributed by atoms with Crippen LogP contribution in [0.5, 0.6) is 0 Å². The first-order valence-corrected chi connectivity index (χ1v) is 8.27. The maximum Gasteiger partial charge on any atom is 0.221 e. The van der Waals surface area contributed by atoms with Gasteiger partial charge in [-0.15, -0.1) is 11.8 Å². The fraction of sp³-hybridized carbons (Fsp3) is 0.533. The predicted molar refractivity (Wildman–Crippen MR) is 80.7 cm³/mol. The van der Waals surface area contributed by atoms with Crippen LogP contribution in [-0.2, 0) is 4.79 Å². The second kappa shape index (κ2) is 4.67. The van der Waals surface area contributed by atoms with Gasteiger partial charge >= 0.3 is 0 Å². The molecule has 4 rings (SSSR count). The Morgan fingerprint density at radius 3 is 3.10 bits per heavy atom. The Kier molecular flexibility index (Phi) is 2.93. The molecule has 0 aromatic rings. The van der Waals surface area contributed by atoms with Crippen LogP contribution in [0.25, 0.3) is 0 Å². The standard InChI is InChI=1S/C15H19N3OS/c1-9(19)16-13-8-20-15-7-18(5-4-11(13)15)14-6-10-2-3-12(14)17-10/h4-5,7,10,12,14,17H,2-3,6,8H2,1H3,(H,16,19)/t10-,12+,14-/m1/s1. The van der Waals surface area contributed by atoms with Crippen molar-refractivity contribution < 1.29 is 4.79 Å². The van der Waals surface area contributed by atoms with Gasteiger partial charge in [-0.05, 0) is 25.3 Å². The summed E-state index contributed by atoms with van der Waals surface area (Å²) in [5.41, 5.74) is 2.24. The van der Waals surface area contributed by atoms with E-state index in [9.17, 15) is 4.79 Å². The topological polar surface area (TPSA) is 44.4 Å². The summed E-state index contributed by atoms with van der Waals surface area (Å²) in [6.07, 6.45) is 10.5. The number of hydrogen-bond donors (Lipinski definition) is 2. The third-order valence-electron chi connectivity index (χ3n) is 4.62. The highest BCUT2D eigenvalue weighted by atomic mass is 32.2. The van der Waals surface area contributed by atoms with Gasteiger partial charge in [0.05, 0.1) is 0 Å². The molecule has 2 bridgehead atoms. The van der Waals surface area contributed by atoms with Crippen LogP contribution in [0.15, 0.2) is 34.7 Å². The van der Waals surface area contributed by atoms with Crippen LogP contribution < -0.4 is 10.6 Å². The summed E-state index contributed by atoms with van der Waals surface area (Å²) in [5.74, 6) is 0.885. The molecule has 0 unspecified atom stereocenters. The van der Waals surface area contributed by atoms with Crippen LogP contribution in [-0.4, -0.2) is 34.7 Å². The molecular formula is C15H19N3OS. The Morgan fingerprint density at radius 2 is 2.40 bits per heavy atom. The highest BCUT2D eigenvalue weighted by Gasteiger charge is 2.41. The lowest BCUT2D eigenvalue weighted by Crippen LogP contribution is -2.38. The largest absolute Gasteiger partial charge is 0.348 e. The van der Waals surface area contributed by atoms with Gasteiger partial charge in [-0.2, -0.15) is 0 Å². The molecule has 3 atom stereocenters. The van der Waals surface area contributed by atoms with Crippen molar-refractivity contribution in [2.45, 2.75) is 44.3 Å². The third-order valence-corrected chi connectivity index (χ3v) is 5.69. The third kappa shape index (κ3) is 2.00. The van der Waals surface area contributed by atoms with Crippen LogP contribution in [0.1, 0.15) is 26.2 Å².